The largest absolute Gasteiger partial charge is 0.409 e. The summed E-state index contributed by atoms with van der Waals surface area (Å²) >= 11 is 0. The van der Waals surface area contributed by atoms with Crippen LogP contribution < -0.4 is 5.73 Å². The van der Waals surface area contributed by atoms with E-state index in [-0.39, 0.29) is 0 Å². The highest BCUT2D eigenvalue weighted by atomic mass is 16.4. The first-order valence-corrected chi connectivity index (χ1v) is 6.95. The molecule has 0 aliphatic carbocycles. The SMILES string of the molecule is CN1CCC(CN(C)CCCCC(N)=NO)CC1. The molecule has 5 nitrogen and oxygen atoms in total. The Bertz CT molecular complexity index is 249. The first-order valence-electron chi connectivity index (χ1n) is 6.95. The number of unbranched alkanes of at least 4 members (excludes halogenated alkanes) is 1. The van der Waals surface area contributed by atoms with E-state index >= 15 is 0 Å². The summed E-state index contributed by atoms with van der Waals surface area (Å²) in [6.45, 7) is 4.78. The van der Waals surface area contributed by atoms with Crippen molar-refractivity contribution in [2.24, 2.45) is 16.8 Å². The Kier molecular flexibility index (Phi) is 7.05. The second-order valence-corrected chi connectivity index (χ2v) is 5.56. The summed E-state index contributed by atoms with van der Waals surface area (Å²) in [7, 11) is 4.40. The van der Waals surface area contributed by atoms with Gasteiger partial charge in [0.15, 0.2) is 0 Å². The zero-order chi connectivity index (χ0) is 13.4. The molecule has 0 atom stereocenters. The van der Waals surface area contributed by atoms with Crippen molar-refractivity contribution < 1.29 is 5.21 Å². The van der Waals surface area contributed by atoms with Crippen molar-refractivity contribution in [2.75, 3.05) is 40.3 Å². The molecule has 0 aromatic heterocycles. The van der Waals surface area contributed by atoms with Crippen molar-refractivity contribution in [3.8, 4) is 0 Å². The van der Waals surface area contributed by atoms with Gasteiger partial charge in [-0.25, -0.2) is 0 Å². The Hall–Kier alpha value is -0.810. The molecule has 0 spiro atoms. The van der Waals surface area contributed by atoms with E-state index in [4.69, 9.17) is 10.9 Å². The highest BCUT2D eigenvalue weighted by Crippen LogP contribution is 2.16. The van der Waals surface area contributed by atoms with Crippen LogP contribution in [0.15, 0.2) is 5.16 Å². The molecule has 0 saturated carbocycles. The molecule has 0 aromatic rings. The number of nitrogens with two attached hydrogens (primary N) is 1. The van der Waals surface area contributed by atoms with E-state index in [1.807, 2.05) is 0 Å². The van der Waals surface area contributed by atoms with Crippen LogP contribution in [-0.2, 0) is 0 Å². The number of amidine groups is 1. The first-order chi connectivity index (χ1) is 8.61. The molecule has 0 aromatic carbocycles. The molecule has 1 aliphatic rings. The second kappa shape index (κ2) is 8.32. The maximum absolute atomic E-state index is 8.43. The minimum atomic E-state index is 0.341. The van der Waals surface area contributed by atoms with Crippen molar-refractivity contribution in [1.82, 2.24) is 9.80 Å². The molecule has 0 amide bonds. The molecule has 18 heavy (non-hydrogen) atoms. The first kappa shape index (κ1) is 15.2. The quantitative estimate of drug-likeness (QED) is 0.236. The maximum atomic E-state index is 8.43. The van der Waals surface area contributed by atoms with Crippen LogP contribution in [0.2, 0.25) is 0 Å². The Morgan fingerprint density at radius 2 is 2.06 bits per heavy atom. The normalized spacial score (nSPS) is 19.6. The molecule has 0 bridgehead atoms. The van der Waals surface area contributed by atoms with Crippen LogP contribution in [0.25, 0.3) is 0 Å². The van der Waals surface area contributed by atoms with Gasteiger partial charge in [0.05, 0.1) is 0 Å². The van der Waals surface area contributed by atoms with Crippen LogP contribution in [0.4, 0.5) is 0 Å². The fourth-order valence-corrected chi connectivity index (χ4v) is 2.51. The van der Waals surface area contributed by atoms with E-state index < -0.39 is 0 Å². The Morgan fingerprint density at radius 1 is 1.39 bits per heavy atom. The third-order valence-corrected chi connectivity index (χ3v) is 3.76. The lowest BCUT2D eigenvalue weighted by Gasteiger charge is -2.31. The summed E-state index contributed by atoms with van der Waals surface area (Å²) in [5.74, 6) is 1.20. The maximum Gasteiger partial charge on any atom is 0.139 e. The highest BCUT2D eigenvalue weighted by molar-refractivity contribution is 5.79. The Labute approximate surface area is 111 Å². The van der Waals surface area contributed by atoms with Gasteiger partial charge in [-0.15, -0.1) is 0 Å². The standard InChI is InChI=1S/C13H28N4O/c1-16-9-6-12(7-10-16)11-17(2)8-4-3-5-13(14)15-18/h12,18H,3-11H2,1-2H3,(H2,14,15). The molecule has 106 valence electrons. The zero-order valence-corrected chi connectivity index (χ0v) is 11.8. The van der Waals surface area contributed by atoms with E-state index in [0.717, 1.165) is 25.3 Å². The van der Waals surface area contributed by atoms with Gasteiger partial charge in [-0.05, 0) is 65.3 Å². The van der Waals surface area contributed by atoms with Crippen LogP contribution in [0.1, 0.15) is 32.1 Å². The number of hydrogen-bond acceptors (Lipinski definition) is 4. The van der Waals surface area contributed by atoms with Gasteiger partial charge in [-0.3, -0.25) is 0 Å². The number of hydrogen-bond donors (Lipinski definition) is 2. The van der Waals surface area contributed by atoms with E-state index in [2.05, 4.69) is 29.1 Å². The molecule has 1 heterocycles. The fraction of sp³-hybridized carbons (Fsp3) is 0.923. The summed E-state index contributed by atoms with van der Waals surface area (Å²) in [5, 5.41) is 11.4. The van der Waals surface area contributed by atoms with Crippen LogP contribution in [0.5, 0.6) is 0 Å². The van der Waals surface area contributed by atoms with Gasteiger partial charge in [0.25, 0.3) is 0 Å². The third kappa shape index (κ3) is 6.21. The predicted octanol–water partition coefficient (Wildman–Crippen LogP) is 1.18. The topological polar surface area (TPSA) is 65.1 Å². The third-order valence-electron chi connectivity index (χ3n) is 3.76. The molecule has 0 unspecified atom stereocenters. The highest BCUT2D eigenvalue weighted by Gasteiger charge is 2.17. The van der Waals surface area contributed by atoms with Crippen molar-refractivity contribution in [2.45, 2.75) is 32.1 Å². The van der Waals surface area contributed by atoms with Crippen molar-refractivity contribution in [3.05, 3.63) is 0 Å². The summed E-state index contributed by atoms with van der Waals surface area (Å²) < 4.78 is 0. The van der Waals surface area contributed by atoms with Crippen LogP contribution in [0.3, 0.4) is 0 Å². The Balaban J connectivity index is 2.05. The average molecular weight is 256 g/mol. The van der Waals surface area contributed by atoms with E-state index in [1.54, 1.807) is 0 Å². The number of piperidine rings is 1. The van der Waals surface area contributed by atoms with Crippen molar-refractivity contribution >= 4 is 5.84 Å². The summed E-state index contributed by atoms with van der Waals surface area (Å²) in [5.41, 5.74) is 5.43. The number of rotatable bonds is 7. The van der Waals surface area contributed by atoms with E-state index in [9.17, 15) is 0 Å². The van der Waals surface area contributed by atoms with E-state index in [0.29, 0.717) is 12.3 Å². The lowest BCUT2D eigenvalue weighted by molar-refractivity contribution is 0.175. The molecular weight excluding hydrogens is 228 g/mol. The molecule has 3 N–H and O–H groups in total. The molecular formula is C13H28N4O. The van der Waals surface area contributed by atoms with Gasteiger partial charge < -0.3 is 20.7 Å². The van der Waals surface area contributed by atoms with Gasteiger partial charge in [0.1, 0.15) is 5.84 Å². The summed E-state index contributed by atoms with van der Waals surface area (Å²) in [6.07, 6.45) is 5.45. The zero-order valence-electron chi connectivity index (χ0n) is 11.8. The monoisotopic (exact) mass is 256 g/mol. The second-order valence-electron chi connectivity index (χ2n) is 5.56. The van der Waals surface area contributed by atoms with Crippen molar-refractivity contribution in [1.29, 1.82) is 0 Å². The Morgan fingerprint density at radius 3 is 2.67 bits per heavy atom. The van der Waals surface area contributed by atoms with Crippen LogP contribution in [0, 0.1) is 5.92 Å². The minimum absolute atomic E-state index is 0.341. The van der Waals surface area contributed by atoms with Gasteiger partial charge >= 0.3 is 0 Å². The average Bonchev–Trinajstić information content (AvgIpc) is 2.37. The lowest BCUT2D eigenvalue weighted by atomic mass is 9.96. The van der Waals surface area contributed by atoms with Crippen LogP contribution >= 0.6 is 0 Å². The van der Waals surface area contributed by atoms with E-state index in [1.165, 1.54) is 32.5 Å². The fourth-order valence-electron chi connectivity index (χ4n) is 2.51. The predicted molar refractivity (Wildman–Crippen MR) is 75.0 cm³/mol. The minimum Gasteiger partial charge on any atom is -0.409 e. The van der Waals surface area contributed by atoms with Gasteiger partial charge in [0, 0.05) is 13.0 Å². The molecule has 0 radical (unpaired) electrons. The number of oxime groups is 1. The lowest BCUT2D eigenvalue weighted by Crippen LogP contribution is -2.36. The van der Waals surface area contributed by atoms with Crippen LogP contribution in [-0.4, -0.2) is 61.1 Å². The molecule has 5 heteroatoms. The van der Waals surface area contributed by atoms with Gasteiger partial charge in [-0.2, -0.15) is 0 Å². The molecule has 1 saturated heterocycles. The molecule has 1 aliphatic heterocycles. The molecule has 1 rings (SSSR count). The number of nitrogens with zero attached hydrogens (tertiary/aromatic N) is 3. The van der Waals surface area contributed by atoms with Crippen molar-refractivity contribution in [3.63, 3.8) is 0 Å². The summed E-state index contributed by atoms with van der Waals surface area (Å²) in [4.78, 5) is 4.83. The molecule has 1 fully saturated rings. The van der Waals surface area contributed by atoms with Gasteiger partial charge in [-0.1, -0.05) is 5.16 Å². The smallest absolute Gasteiger partial charge is 0.139 e. The number of likely N-dealkylation sites (tertiary alicyclic amines) is 1. The summed E-state index contributed by atoms with van der Waals surface area (Å²) in [6, 6.07) is 0. The van der Waals surface area contributed by atoms with Gasteiger partial charge in [0.2, 0.25) is 0 Å².